The number of hydrogen-bond donors (Lipinski definition) is 1. The van der Waals surface area contributed by atoms with Crippen molar-refractivity contribution in [1.82, 2.24) is 19.4 Å². The summed E-state index contributed by atoms with van der Waals surface area (Å²) in [5.74, 6) is 0.223. The second-order valence-electron chi connectivity index (χ2n) is 7.38. The Labute approximate surface area is 151 Å². The third-order valence-electron chi connectivity index (χ3n) is 5.61. The van der Waals surface area contributed by atoms with Crippen LogP contribution in [0.5, 0.6) is 0 Å². The molecule has 0 aliphatic carbocycles. The monoisotopic (exact) mass is 362 g/mol. The van der Waals surface area contributed by atoms with Gasteiger partial charge in [-0.25, -0.2) is 4.79 Å². The first-order valence-electron chi connectivity index (χ1n) is 9.28. The Morgan fingerprint density at radius 3 is 2.77 bits per heavy atom. The molecule has 1 spiro atoms. The van der Waals surface area contributed by atoms with Crippen LogP contribution in [-0.4, -0.2) is 57.3 Å². The molecule has 0 aromatic carbocycles. The standard InChI is InChI=1S/C18H26N4O4/c1-2-20-12-18(8-4-15(20)24)7-3-9-22(13-18)16(25)6-11-21-10-5-14(23)19-17(21)26/h5,10H,2-4,6-9,11-13H2,1H3,(H,19,23,26)/t18-/m0/s1. The van der Waals surface area contributed by atoms with Crippen LogP contribution in [0.4, 0.5) is 0 Å². The summed E-state index contributed by atoms with van der Waals surface area (Å²) in [7, 11) is 0. The van der Waals surface area contributed by atoms with Crippen molar-refractivity contribution >= 4 is 11.8 Å². The van der Waals surface area contributed by atoms with Crippen molar-refractivity contribution in [3.8, 4) is 0 Å². The smallest absolute Gasteiger partial charge is 0.328 e. The van der Waals surface area contributed by atoms with Gasteiger partial charge >= 0.3 is 5.69 Å². The van der Waals surface area contributed by atoms with Crippen LogP contribution in [-0.2, 0) is 16.1 Å². The number of likely N-dealkylation sites (tertiary alicyclic amines) is 2. The van der Waals surface area contributed by atoms with Crippen LogP contribution in [0.1, 0.15) is 39.0 Å². The Morgan fingerprint density at radius 1 is 1.23 bits per heavy atom. The number of H-pyrrole nitrogens is 1. The summed E-state index contributed by atoms with van der Waals surface area (Å²) in [6.45, 7) is 5.08. The van der Waals surface area contributed by atoms with Crippen LogP contribution in [0, 0.1) is 5.41 Å². The maximum absolute atomic E-state index is 12.6. The van der Waals surface area contributed by atoms with Gasteiger partial charge in [-0.05, 0) is 26.2 Å². The van der Waals surface area contributed by atoms with Crippen molar-refractivity contribution in [1.29, 1.82) is 0 Å². The molecule has 2 aliphatic rings. The highest BCUT2D eigenvalue weighted by molar-refractivity contribution is 5.78. The van der Waals surface area contributed by atoms with E-state index in [1.807, 2.05) is 16.7 Å². The topological polar surface area (TPSA) is 95.5 Å². The lowest BCUT2D eigenvalue weighted by atomic mass is 9.73. The molecule has 1 aromatic heterocycles. The quantitative estimate of drug-likeness (QED) is 0.826. The normalized spacial score (nSPS) is 23.5. The number of nitrogens with zero attached hydrogens (tertiary/aromatic N) is 3. The van der Waals surface area contributed by atoms with Crippen molar-refractivity contribution in [3.05, 3.63) is 33.1 Å². The predicted molar refractivity (Wildman–Crippen MR) is 95.7 cm³/mol. The molecule has 0 bridgehead atoms. The second kappa shape index (κ2) is 7.47. The lowest BCUT2D eigenvalue weighted by molar-refractivity contribution is -0.142. The Kier molecular flexibility index (Phi) is 5.29. The first-order chi connectivity index (χ1) is 12.4. The Morgan fingerprint density at radius 2 is 2.04 bits per heavy atom. The number of aromatic nitrogens is 2. The van der Waals surface area contributed by atoms with Crippen LogP contribution in [0.25, 0.3) is 0 Å². The van der Waals surface area contributed by atoms with Gasteiger partial charge in [0.05, 0.1) is 0 Å². The van der Waals surface area contributed by atoms with E-state index in [1.165, 1.54) is 16.8 Å². The molecule has 2 aliphatic heterocycles. The molecule has 8 heteroatoms. The Bertz CT molecular complexity index is 799. The molecule has 2 saturated heterocycles. The van der Waals surface area contributed by atoms with Gasteiger partial charge < -0.3 is 14.4 Å². The van der Waals surface area contributed by atoms with Crippen LogP contribution >= 0.6 is 0 Å². The lowest BCUT2D eigenvalue weighted by Crippen LogP contribution is -2.55. The number of rotatable bonds is 4. The van der Waals surface area contributed by atoms with Gasteiger partial charge in [0, 0.05) is 63.2 Å². The SMILES string of the molecule is CCN1C[C@]2(CCCN(C(=O)CCn3ccc(=O)[nH]c3=O)C2)CCC1=O. The van der Waals surface area contributed by atoms with Crippen molar-refractivity contribution in [2.45, 2.75) is 45.6 Å². The van der Waals surface area contributed by atoms with Gasteiger partial charge in [-0.1, -0.05) is 0 Å². The summed E-state index contributed by atoms with van der Waals surface area (Å²) in [4.78, 5) is 53.4. The van der Waals surface area contributed by atoms with Crippen LogP contribution in [0.15, 0.2) is 21.9 Å². The number of hydrogen-bond acceptors (Lipinski definition) is 4. The maximum atomic E-state index is 12.6. The van der Waals surface area contributed by atoms with Gasteiger partial charge in [0.15, 0.2) is 0 Å². The third-order valence-corrected chi connectivity index (χ3v) is 5.61. The zero-order valence-corrected chi connectivity index (χ0v) is 15.2. The van der Waals surface area contributed by atoms with E-state index in [1.54, 1.807) is 0 Å². The van der Waals surface area contributed by atoms with E-state index in [0.29, 0.717) is 19.5 Å². The van der Waals surface area contributed by atoms with E-state index in [2.05, 4.69) is 4.98 Å². The zero-order chi connectivity index (χ0) is 18.7. The van der Waals surface area contributed by atoms with Gasteiger partial charge in [0.2, 0.25) is 11.8 Å². The van der Waals surface area contributed by atoms with E-state index in [9.17, 15) is 19.2 Å². The number of amides is 2. The fourth-order valence-corrected chi connectivity index (χ4v) is 4.14. The molecular weight excluding hydrogens is 336 g/mol. The molecular formula is C18H26N4O4. The van der Waals surface area contributed by atoms with Gasteiger partial charge in [0.25, 0.3) is 5.56 Å². The molecule has 3 rings (SSSR count). The number of piperidine rings is 2. The number of aromatic amines is 1. The van der Waals surface area contributed by atoms with Crippen molar-refractivity contribution in [2.24, 2.45) is 5.41 Å². The van der Waals surface area contributed by atoms with E-state index >= 15 is 0 Å². The Balaban J connectivity index is 1.62. The lowest BCUT2D eigenvalue weighted by Gasteiger charge is -2.48. The van der Waals surface area contributed by atoms with Gasteiger partial charge in [0.1, 0.15) is 0 Å². The van der Waals surface area contributed by atoms with Crippen LogP contribution in [0.2, 0.25) is 0 Å². The fourth-order valence-electron chi connectivity index (χ4n) is 4.14. The molecule has 142 valence electrons. The molecule has 3 heterocycles. The fraction of sp³-hybridized carbons (Fsp3) is 0.667. The third kappa shape index (κ3) is 3.89. The number of carbonyl (C=O) groups excluding carboxylic acids is 2. The van der Waals surface area contributed by atoms with Crippen molar-refractivity contribution in [3.63, 3.8) is 0 Å². The maximum Gasteiger partial charge on any atom is 0.328 e. The van der Waals surface area contributed by atoms with Gasteiger partial charge in [-0.15, -0.1) is 0 Å². The summed E-state index contributed by atoms with van der Waals surface area (Å²) in [6, 6.07) is 1.28. The van der Waals surface area contributed by atoms with Crippen LogP contribution < -0.4 is 11.2 Å². The summed E-state index contributed by atoms with van der Waals surface area (Å²) in [5.41, 5.74) is -0.931. The summed E-state index contributed by atoms with van der Waals surface area (Å²) in [6.07, 6.45) is 5.01. The minimum Gasteiger partial charge on any atom is -0.342 e. The highest BCUT2D eigenvalue weighted by atomic mass is 16.2. The number of aryl methyl sites for hydroxylation is 1. The minimum atomic E-state index is -0.496. The molecule has 1 atom stereocenters. The number of nitrogens with one attached hydrogen (secondary N) is 1. The molecule has 1 N–H and O–H groups in total. The molecule has 1 aromatic rings. The van der Waals surface area contributed by atoms with Crippen molar-refractivity contribution in [2.75, 3.05) is 26.2 Å². The second-order valence-corrected chi connectivity index (χ2v) is 7.38. The highest BCUT2D eigenvalue weighted by Crippen LogP contribution is 2.38. The average Bonchev–Trinajstić information content (AvgIpc) is 2.63. The molecule has 0 unspecified atom stereocenters. The summed E-state index contributed by atoms with van der Waals surface area (Å²) < 4.78 is 1.34. The predicted octanol–water partition coefficient (Wildman–Crippen LogP) is 0.178. The molecule has 0 saturated carbocycles. The van der Waals surface area contributed by atoms with E-state index in [4.69, 9.17) is 0 Å². The summed E-state index contributed by atoms with van der Waals surface area (Å²) in [5, 5.41) is 0. The number of carbonyl (C=O) groups is 2. The molecule has 2 fully saturated rings. The average molecular weight is 362 g/mol. The largest absolute Gasteiger partial charge is 0.342 e. The van der Waals surface area contributed by atoms with Gasteiger partial charge in [-0.2, -0.15) is 0 Å². The van der Waals surface area contributed by atoms with E-state index in [0.717, 1.165) is 32.4 Å². The summed E-state index contributed by atoms with van der Waals surface area (Å²) >= 11 is 0. The molecule has 2 amide bonds. The first kappa shape index (κ1) is 18.4. The van der Waals surface area contributed by atoms with Crippen molar-refractivity contribution < 1.29 is 9.59 Å². The molecule has 26 heavy (non-hydrogen) atoms. The van der Waals surface area contributed by atoms with Crippen LogP contribution in [0.3, 0.4) is 0 Å². The molecule has 0 radical (unpaired) electrons. The van der Waals surface area contributed by atoms with Gasteiger partial charge in [-0.3, -0.25) is 19.4 Å². The highest BCUT2D eigenvalue weighted by Gasteiger charge is 2.42. The Hall–Kier alpha value is -2.38. The van der Waals surface area contributed by atoms with E-state index in [-0.39, 0.29) is 30.2 Å². The first-order valence-corrected chi connectivity index (χ1v) is 9.28. The zero-order valence-electron chi connectivity index (χ0n) is 15.2. The minimum absolute atomic E-state index is 0.00660. The molecule has 8 nitrogen and oxygen atoms in total. The van der Waals surface area contributed by atoms with E-state index < -0.39 is 11.2 Å².